The van der Waals surface area contributed by atoms with Crippen molar-refractivity contribution in [2.24, 2.45) is 0 Å². The molecule has 108 valence electrons. The van der Waals surface area contributed by atoms with E-state index in [4.69, 9.17) is 0 Å². The van der Waals surface area contributed by atoms with E-state index in [9.17, 15) is 9.36 Å². The summed E-state index contributed by atoms with van der Waals surface area (Å²) < 4.78 is 12.6. The van der Waals surface area contributed by atoms with Gasteiger partial charge in [-0.2, -0.15) is 0 Å². The van der Waals surface area contributed by atoms with Crippen LogP contribution in [0.5, 0.6) is 0 Å². The Morgan fingerprint density at radius 1 is 1.00 bits per heavy atom. The van der Waals surface area contributed by atoms with Crippen molar-refractivity contribution in [1.82, 2.24) is 0 Å². The van der Waals surface area contributed by atoms with Gasteiger partial charge in [0, 0.05) is 5.56 Å². The van der Waals surface area contributed by atoms with Gasteiger partial charge in [0.15, 0.2) is 5.66 Å². The molecule has 0 aliphatic carbocycles. The van der Waals surface area contributed by atoms with Crippen LogP contribution in [0.4, 0.5) is 0 Å². The fraction of sp³-hybridized carbons (Fsp3) is 0.278. The lowest BCUT2D eigenvalue weighted by molar-refractivity contribution is 0.107. The first-order valence-electron chi connectivity index (χ1n) is 7.05. The molecule has 0 bridgehead atoms. The topological polar surface area (TPSA) is 34.1 Å². The highest BCUT2D eigenvalue weighted by Gasteiger charge is 2.38. The smallest absolute Gasteiger partial charge is 0.234 e. The summed E-state index contributed by atoms with van der Waals surface area (Å²) in [6, 6.07) is 13.5. The highest BCUT2D eigenvalue weighted by molar-refractivity contribution is 7.64. The van der Waals surface area contributed by atoms with Crippen LogP contribution in [0.1, 0.15) is 45.2 Å². The van der Waals surface area contributed by atoms with Gasteiger partial charge in [-0.3, -0.25) is 0 Å². The molecule has 21 heavy (non-hydrogen) atoms. The Labute approximate surface area is 127 Å². The number of hydrogen-bond acceptors (Lipinski definition) is 2. The summed E-state index contributed by atoms with van der Waals surface area (Å²) in [7, 11) is -1.99. The molecule has 0 amide bonds. The second-order valence-corrected chi connectivity index (χ2v) is 7.32. The first kappa shape index (κ1) is 15.6. The van der Waals surface area contributed by atoms with Gasteiger partial charge in [-0.25, -0.2) is 4.79 Å². The summed E-state index contributed by atoms with van der Waals surface area (Å²) in [5.74, 6) is 0. The Hall–Kier alpha value is -1.79. The molecular formula is C18H20O2P+. The van der Waals surface area contributed by atoms with Crippen molar-refractivity contribution in [3.8, 4) is 0 Å². The molecule has 0 saturated carbocycles. The molecule has 0 radical (unpaired) electrons. The van der Waals surface area contributed by atoms with Crippen LogP contribution in [0.2, 0.25) is 0 Å². The van der Waals surface area contributed by atoms with Crippen molar-refractivity contribution in [2.75, 3.05) is 0 Å². The van der Waals surface area contributed by atoms with Crippen LogP contribution in [0.3, 0.4) is 0 Å². The average Bonchev–Trinajstić information content (AvgIpc) is 2.45. The van der Waals surface area contributed by atoms with Gasteiger partial charge in [0.2, 0.25) is 0 Å². The molecule has 2 atom stereocenters. The highest BCUT2D eigenvalue weighted by atomic mass is 31.1. The zero-order valence-electron chi connectivity index (χ0n) is 12.9. The van der Waals surface area contributed by atoms with Gasteiger partial charge < -0.3 is 0 Å². The van der Waals surface area contributed by atoms with Crippen LogP contribution in [0, 0.1) is 20.8 Å². The van der Waals surface area contributed by atoms with Crippen molar-refractivity contribution in [2.45, 2.75) is 33.4 Å². The number of hydrogen-bond donors (Lipinski definition) is 0. The molecule has 2 rings (SSSR count). The molecule has 0 fully saturated rings. The summed E-state index contributed by atoms with van der Waals surface area (Å²) >= 11 is 0. The minimum atomic E-state index is -1.99. The Morgan fingerprint density at radius 2 is 1.52 bits per heavy atom. The molecule has 0 N–H and O–H groups in total. The number of aryl methyl sites for hydroxylation is 3. The molecule has 2 nitrogen and oxygen atoms in total. The van der Waals surface area contributed by atoms with E-state index in [1.807, 2.05) is 70.2 Å². The average molecular weight is 299 g/mol. The maximum absolute atomic E-state index is 12.6. The Bertz CT molecular complexity index is 667. The van der Waals surface area contributed by atoms with Gasteiger partial charge >= 0.3 is 13.3 Å². The number of carbonyl (C=O) groups is 1. The molecule has 0 aliphatic rings. The zero-order valence-corrected chi connectivity index (χ0v) is 13.8. The molecule has 0 spiro atoms. The minimum Gasteiger partial charge on any atom is -0.234 e. The van der Waals surface area contributed by atoms with E-state index in [2.05, 4.69) is 0 Å². The van der Waals surface area contributed by atoms with E-state index >= 15 is 0 Å². The molecule has 0 aromatic heterocycles. The molecule has 2 aromatic rings. The summed E-state index contributed by atoms with van der Waals surface area (Å²) in [5, 5.41) is 0. The first-order valence-corrected chi connectivity index (χ1v) is 8.38. The van der Waals surface area contributed by atoms with Crippen molar-refractivity contribution in [3.63, 3.8) is 0 Å². The lowest BCUT2D eigenvalue weighted by atomic mass is 10.0. The van der Waals surface area contributed by atoms with Crippen LogP contribution in [0.25, 0.3) is 0 Å². The number of rotatable bonds is 4. The van der Waals surface area contributed by atoms with Gasteiger partial charge in [0.25, 0.3) is 0 Å². The molecular weight excluding hydrogens is 279 g/mol. The van der Waals surface area contributed by atoms with Crippen LogP contribution >= 0.6 is 7.80 Å². The minimum absolute atomic E-state index is 0.239. The first-order chi connectivity index (χ1) is 9.91. The molecule has 0 heterocycles. The standard InChI is InChI=1S/C18H20O2P/c1-12-10-13(2)17(14(3)11-12)18(19)21(20)15(4)16-8-6-5-7-9-16/h5-11,15H,1-4H3/q+1. The Kier molecular flexibility index (Phi) is 4.69. The second kappa shape index (κ2) is 6.32. The lowest BCUT2D eigenvalue weighted by Crippen LogP contribution is -2.04. The van der Waals surface area contributed by atoms with Crippen molar-refractivity contribution in [3.05, 3.63) is 70.3 Å². The quantitative estimate of drug-likeness (QED) is 0.714. The van der Waals surface area contributed by atoms with Gasteiger partial charge in [-0.1, -0.05) is 52.6 Å². The summed E-state index contributed by atoms with van der Waals surface area (Å²) in [6.07, 6.45) is 0. The predicted octanol–water partition coefficient (Wildman–Crippen LogP) is 5.34. The highest BCUT2D eigenvalue weighted by Crippen LogP contribution is 2.44. The SMILES string of the molecule is Cc1cc(C)c(C(=O)[P+](=O)C(C)c2ccccc2)c(C)c1. The van der Waals surface area contributed by atoms with Crippen molar-refractivity contribution in [1.29, 1.82) is 0 Å². The molecule has 2 unspecified atom stereocenters. The van der Waals surface area contributed by atoms with Crippen molar-refractivity contribution < 1.29 is 9.36 Å². The predicted molar refractivity (Wildman–Crippen MR) is 87.4 cm³/mol. The van der Waals surface area contributed by atoms with Crippen LogP contribution < -0.4 is 0 Å². The van der Waals surface area contributed by atoms with E-state index < -0.39 is 7.80 Å². The number of carbonyl (C=O) groups excluding carboxylic acids is 1. The van der Waals surface area contributed by atoms with E-state index in [0.717, 1.165) is 22.3 Å². The summed E-state index contributed by atoms with van der Waals surface area (Å²) in [6.45, 7) is 7.67. The summed E-state index contributed by atoms with van der Waals surface area (Å²) in [5.41, 5.74) is 3.97. The Balaban J connectivity index is 2.35. The molecule has 2 aromatic carbocycles. The second-order valence-electron chi connectivity index (χ2n) is 5.49. The largest absolute Gasteiger partial charge is 0.427 e. The van der Waals surface area contributed by atoms with Crippen LogP contribution in [-0.2, 0) is 4.57 Å². The third-order valence-corrected chi connectivity index (χ3v) is 5.35. The number of benzene rings is 2. The molecule has 3 heteroatoms. The third kappa shape index (κ3) is 3.28. The lowest BCUT2D eigenvalue weighted by Gasteiger charge is -2.07. The van der Waals surface area contributed by atoms with Crippen molar-refractivity contribution >= 4 is 13.3 Å². The van der Waals surface area contributed by atoms with E-state index in [1.165, 1.54) is 0 Å². The monoisotopic (exact) mass is 299 g/mol. The van der Waals surface area contributed by atoms with Gasteiger partial charge in [-0.05, 0) is 38.8 Å². The van der Waals surface area contributed by atoms with E-state index in [0.29, 0.717) is 5.56 Å². The Morgan fingerprint density at radius 3 is 2.05 bits per heavy atom. The van der Waals surface area contributed by atoms with Gasteiger partial charge in [-0.15, -0.1) is 0 Å². The molecule has 0 aliphatic heterocycles. The normalized spacial score (nSPS) is 12.9. The van der Waals surface area contributed by atoms with E-state index in [1.54, 1.807) is 0 Å². The van der Waals surface area contributed by atoms with Gasteiger partial charge in [0.05, 0.1) is 5.56 Å². The maximum Gasteiger partial charge on any atom is 0.427 e. The fourth-order valence-electron chi connectivity index (χ4n) is 2.67. The maximum atomic E-state index is 12.6. The van der Waals surface area contributed by atoms with Crippen LogP contribution in [0.15, 0.2) is 42.5 Å². The zero-order chi connectivity index (χ0) is 15.6. The van der Waals surface area contributed by atoms with Crippen LogP contribution in [-0.4, -0.2) is 5.52 Å². The van der Waals surface area contributed by atoms with E-state index in [-0.39, 0.29) is 11.2 Å². The fourth-order valence-corrected chi connectivity index (χ4v) is 4.04. The third-order valence-electron chi connectivity index (χ3n) is 3.72. The molecule has 0 saturated heterocycles. The summed E-state index contributed by atoms with van der Waals surface area (Å²) in [4.78, 5) is 12.6. The van der Waals surface area contributed by atoms with Gasteiger partial charge in [0.1, 0.15) is 0 Å².